The van der Waals surface area contributed by atoms with Crippen LogP contribution in [0.15, 0.2) is 42.7 Å². The number of anilines is 1. The zero-order valence-corrected chi connectivity index (χ0v) is 19.3. The van der Waals surface area contributed by atoms with Crippen molar-refractivity contribution in [3.05, 3.63) is 53.9 Å². The van der Waals surface area contributed by atoms with Gasteiger partial charge in [0.2, 0.25) is 5.91 Å². The Hall–Kier alpha value is -3.13. The minimum atomic E-state index is -0.906. The highest BCUT2D eigenvalue weighted by Crippen LogP contribution is 2.57. The van der Waals surface area contributed by atoms with Gasteiger partial charge in [0.05, 0.1) is 11.5 Å². The Morgan fingerprint density at radius 2 is 1.85 bits per heavy atom. The van der Waals surface area contributed by atoms with E-state index < -0.39 is 11.5 Å². The zero-order valence-electron chi connectivity index (χ0n) is 19.3. The van der Waals surface area contributed by atoms with Gasteiger partial charge in [0.25, 0.3) is 11.8 Å². The van der Waals surface area contributed by atoms with Gasteiger partial charge in [-0.3, -0.25) is 19.3 Å². The van der Waals surface area contributed by atoms with Crippen LogP contribution < -0.4 is 10.2 Å². The number of benzene rings is 1. The molecule has 6 rings (SSSR count). The number of hydrogen-bond acceptors (Lipinski definition) is 4. The Kier molecular flexibility index (Phi) is 5.21. The van der Waals surface area contributed by atoms with Crippen LogP contribution in [-0.2, 0) is 15.1 Å². The molecular weight excluding hydrogens is 430 g/mol. The number of carbonyl (C=O) groups is 3. The summed E-state index contributed by atoms with van der Waals surface area (Å²) in [6, 6.07) is 10.1. The van der Waals surface area contributed by atoms with E-state index in [-0.39, 0.29) is 23.8 Å². The first kappa shape index (κ1) is 21.4. The lowest BCUT2D eigenvalue weighted by atomic mass is 9.78. The minimum Gasteiger partial charge on any atom is -0.367 e. The molecule has 3 fully saturated rings. The molecule has 2 N–H and O–H groups in total. The molecule has 0 radical (unpaired) electrons. The number of fused-ring (bicyclic) bond motifs is 4. The van der Waals surface area contributed by atoms with Crippen molar-refractivity contribution in [2.24, 2.45) is 5.92 Å². The lowest BCUT2D eigenvalue weighted by Gasteiger charge is -2.37. The number of nitrogens with zero attached hydrogens (tertiary/aromatic N) is 3. The maximum Gasteiger partial charge on any atom is 0.255 e. The third-order valence-corrected chi connectivity index (χ3v) is 8.18. The summed E-state index contributed by atoms with van der Waals surface area (Å²) in [4.78, 5) is 49.9. The van der Waals surface area contributed by atoms with E-state index in [2.05, 4.69) is 15.2 Å². The molecule has 0 aliphatic carbocycles. The molecule has 5 heterocycles. The topological polar surface area (TPSA) is 88.7 Å². The molecule has 1 aromatic heterocycles. The second-order valence-corrected chi connectivity index (χ2v) is 9.91. The summed E-state index contributed by atoms with van der Waals surface area (Å²) in [5.74, 6) is -0.429. The number of rotatable bonds is 1. The molecule has 4 aliphatic rings. The van der Waals surface area contributed by atoms with Crippen LogP contribution in [0.1, 0.15) is 48.0 Å². The predicted octanol–water partition coefficient (Wildman–Crippen LogP) is 2.09. The van der Waals surface area contributed by atoms with E-state index in [0.29, 0.717) is 44.6 Å². The fourth-order valence-corrected chi connectivity index (χ4v) is 6.76. The van der Waals surface area contributed by atoms with Gasteiger partial charge in [-0.25, -0.2) is 0 Å². The molecule has 0 unspecified atom stereocenters. The number of aromatic nitrogens is 1. The van der Waals surface area contributed by atoms with Crippen LogP contribution in [0.3, 0.4) is 0 Å². The average molecular weight is 462 g/mol. The van der Waals surface area contributed by atoms with Gasteiger partial charge in [0, 0.05) is 55.9 Å². The van der Waals surface area contributed by atoms with Crippen LogP contribution >= 0.6 is 0 Å². The molecule has 0 saturated carbocycles. The summed E-state index contributed by atoms with van der Waals surface area (Å²) in [5, 5.41) is 3.12. The van der Waals surface area contributed by atoms with Gasteiger partial charge in [0.15, 0.2) is 0 Å². The summed E-state index contributed by atoms with van der Waals surface area (Å²) >= 11 is 0. The SMILES string of the molecule is O=C1NCCCN(C(=O)c2cc[nH]c2)CCCN2C(=O)[C@@]3(c4ccccc42)[C@@H]1C[C@@H]1CCCN13. The molecule has 8 nitrogen and oxygen atoms in total. The first-order chi connectivity index (χ1) is 16.6. The maximum atomic E-state index is 14.3. The molecule has 8 heteroatoms. The van der Waals surface area contributed by atoms with Crippen molar-refractivity contribution in [3.63, 3.8) is 0 Å². The Balaban J connectivity index is 1.37. The first-order valence-corrected chi connectivity index (χ1v) is 12.5. The maximum absolute atomic E-state index is 14.3. The van der Waals surface area contributed by atoms with E-state index in [4.69, 9.17) is 0 Å². The summed E-state index contributed by atoms with van der Waals surface area (Å²) in [6.45, 7) is 3.00. The molecule has 2 aromatic rings. The standard InChI is InChI=1S/C26H31N5O3/c32-23-21-16-19-6-3-15-31(19)26(21)20-7-1-2-8-22(20)30(25(26)34)14-5-13-29(12-4-10-28-23)24(33)18-9-11-27-17-18/h1-2,7-9,11,17,19,21,27H,3-6,10,12-16H2,(H,28,32)/t19-,21+,26+/m0/s1. The highest BCUT2D eigenvalue weighted by molar-refractivity contribution is 6.11. The molecule has 34 heavy (non-hydrogen) atoms. The second-order valence-electron chi connectivity index (χ2n) is 9.91. The van der Waals surface area contributed by atoms with Crippen LogP contribution in [0, 0.1) is 5.92 Å². The van der Waals surface area contributed by atoms with Gasteiger partial charge < -0.3 is 20.1 Å². The van der Waals surface area contributed by atoms with Crippen molar-refractivity contribution in [1.29, 1.82) is 0 Å². The summed E-state index contributed by atoms with van der Waals surface area (Å²) < 4.78 is 0. The fraction of sp³-hybridized carbons (Fsp3) is 0.500. The smallest absolute Gasteiger partial charge is 0.255 e. The third kappa shape index (κ3) is 3.04. The minimum absolute atomic E-state index is 0.0242. The number of hydrogen-bond donors (Lipinski definition) is 2. The van der Waals surface area contributed by atoms with Gasteiger partial charge in [-0.2, -0.15) is 0 Å². The van der Waals surface area contributed by atoms with E-state index in [9.17, 15) is 14.4 Å². The quantitative estimate of drug-likeness (QED) is 0.681. The third-order valence-electron chi connectivity index (χ3n) is 8.18. The summed E-state index contributed by atoms with van der Waals surface area (Å²) in [5.41, 5.74) is 1.61. The van der Waals surface area contributed by atoms with Crippen molar-refractivity contribution in [3.8, 4) is 0 Å². The highest BCUT2D eigenvalue weighted by Gasteiger charge is 2.66. The van der Waals surface area contributed by atoms with Gasteiger partial charge in [0.1, 0.15) is 5.54 Å². The van der Waals surface area contributed by atoms with Crippen LogP contribution in [0.2, 0.25) is 0 Å². The van der Waals surface area contributed by atoms with E-state index in [1.807, 2.05) is 34.1 Å². The van der Waals surface area contributed by atoms with Crippen molar-refractivity contribution >= 4 is 23.4 Å². The van der Waals surface area contributed by atoms with Gasteiger partial charge in [-0.15, -0.1) is 0 Å². The highest BCUT2D eigenvalue weighted by atomic mass is 16.2. The Morgan fingerprint density at radius 1 is 1.00 bits per heavy atom. The van der Waals surface area contributed by atoms with E-state index in [1.165, 1.54) is 0 Å². The predicted molar refractivity (Wildman–Crippen MR) is 127 cm³/mol. The van der Waals surface area contributed by atoms with E-state index in [0.717, 1.165) is 37.1 Å². The zero-order chi connectivity index (χ0) is 23.3. The molecule has 1 spiro atoms. The molecular formula is C26H31N5O3. The lowest BCUT2D eigenvalue weighted by Crippen LogP contribution is -2.56. The number of nitrogens with one attached hydrogen (secondary N) is 2. The van der Waals surface area contributed by atoms with Crippen LogP contribution in [0.5, 0.6) is 0 Å². The van der Waals surface area contributed by atoms with Gasteiger partial charge in [-0.05, 0) is 50.8 Å². The molecule has 4 aliphatic heterocycles. The Labute approximate surface area is 199 Å². The Bertz CT molecular complexity index is 1120. The number of para-hydroxylation sites is 1. The lowest BCUT2D eigenvalue weighted by molar-refractivity contribution is -0.138. The normalized spacial score (nSPS) is 29.5. The largest absolute Gasteiger partial charge is 0.367 e. The number of carbonyl (C=O) groups excluding carboxylic acids is 3. The Morgan fingerprint density at radius 3 is 2.71 bits per heavy atom. The first-order valence-electron chi connectivity index (χ1n) is 12.5. The van der Waals surface area contributed by atoms with Crippen LogP contribution in [0.25, 0.3) is 0 Å². The summed E-state index contributed by atoms with van der Waals surface area (Å²) in [6.07, 6.45) is 7.65. The number of aromatic amines is 1. The molecule has 1 aromatic carbocycles. The van der Waals surface area contributed by atoms with Crippen LogP contribution in [0.4, 0.5) is 5.69 Å². The molecule has 2 bridgehead atoms. The second kappa shape index (κ2) is 8.27. The van der Waals surface area contributed by atoms with E-state index >= 15 is 0 Å². The van der Waals surface area contributed by atoms with E-state index in [1.54, 1.807) is 18.5 Å². The molecule has 178 valence electrons. The number of H-pyrrole nitrogens is 1. The molecule has 3 atom stereocenters. The van der Waals surface area contributed by atoms with Gasteiger partial charge >= 0.3 is 0 Å². The van der Waals surface area contributed by atoms with Crippen molar-refractivity contribution in [1.82, 2.24) is 20.1 Å². The van der Waals surface area contributed by atoms with Crippen molar-refractivity contribution < 1.29 is 14.4 Å². The van der Waals surface area contributed by atoms with Crippen molar-refractivity contribution in [2.75, 3.05) is 37.6 Å². The fourth-order valence-electron chi connectivity index (χ4n) is 6.76. The van der Waals surface area contributed by atoms with Crippen LogP contribution in [-0.4, -0.2) is 71.3 Å². The average Bonchev–Trinajstić information content (AvgIpc) is 3.62. The molecule has 3 amide bonds. The summed E-state index contributed by atoms with van der Waals surface area (Å²) in [7, 11) is 0. The van der Waals surface area contributed by atoms with Gasteiger partial charge in [-0.1, -0.05) is 18.2 Å². The number of amides is 3. The van der Waals surface area contributed by atoms with Crippen molar-refractivity contribution in [2.45, 2.75) is 43.7 Å². The monoisotopic (exact) mass is 461 g/mol. The molecule has 3 saturated heterocycles.